The van der Waals surface area contributed by atoms with Gasteiger partial charge in [-0.25, -0.2) is 0 Å². The molecule has 4 rings (SSSR count). The summed E-state index contributed by atoms with van der Waals surface area (Å²) in [5, 5.41) is 0.654. The lowest BCUT2D eigenvalue weighted by Crippen LogP contribution is -2.09. The molecule has 0 fully saturated rings. The average molecular weight is 530 g/mol. The predicted octanol–water partition coefficient (Wildman–Crippen LogP) is 10.8. The maximum atomic E-state index is 5.67. The zero-order valence-corrected chi connectivity index (χ0v) is 20.4. The summed E-state index contributed by atoms with van der Waals surface area (Å²) in [4.78, 5) is 2.25. The highest BCUT2D eigenvalue weighted by molar-refractivity contribution is 6.59. The largest absolute Gasteiger partial charge is 0.311 e. The second-order valence-electron chi connectivity index (χ2n) is 6.23. The number of hydrogen-bond acceptors (Lipinski definition) is 1. The molecule has 0 amide bonds. The van der Waals surface area contributed by atoms with Gasteiger partial charge in [0.05, 0.1) is 30.1 Å². The Morgan fingerprint density at radius 2 is 0.516 bits per heavy atom. The number of anilines is 3. The van der Waals surface area contributed by atoms with Gasteiger partial charge in [-0.2, -0.15) is 0 Å². The highest BCUT2D eigenvalue weighted by Crippen LogP contribution is 2.46. The standard InChI is InChI=1S/C18H15N.C6Cl6/c1-4-10-16(11-5-1)19(17-12-6-2-7-13-17)18-14-8-3-9-15-18;7-1-2(8)4(10)6(12)5(11)3(1)9/h1-15H;. The van der Waals surface area contributed by atoms with Gasteiger partial charge in [-0.3, -0.25) is 0 Å². The minimum Gasteiger partial charge on any atom is -0.311 e. The highest BCUT2D eigenvalue weighted by Gasteiger charge is 2.17. The Balaban J connectivity index is 0.000000196. The molecule has 0 aliphatic carbocycles. The minimum atomic E-state index is 0.109. The molecule has 0 radical (unpaired) electrons. The molecule has 0 bridgehead atoms. The molecular formula is C24H15Cl6N. The first-order chi connectivity index (χ1) is 14.9. The van der Waals surface area contributed by atoms with Crippen LogP contribution in [0.1, 0.15) is 0 Å². The normalized spacial score (nSPS) is 10.3. The van der Waals surface area contributed by atoms with Crippen molar-refractivity contribution in [2.75, 3.05) is 4.90 Å². The Kier molecular flexibility index (Phi) is 8.80. The molecule has 158 valence electrons. The first-order valence-electron chi connectivity index (χ1n) is 9.04. The number of rotatable bonds is 3. The van der Waals surface area contributed by atoms with Crippen molar-refractivity contribution in [1.82, 2.24) is 0 Å². The predicted molar refractivity (Wildman–Crippen MR) is 138 cm³/mol. The zero-order chi connectivity index (χ0) is 22.4. The topological polar surface area (TPSA) is 3.24 Å². The second kappa shape index (κ2) is 11.3. The van der Waals surface area contributed by atoms with Crippen LogP contribution in [0.2, 0.25) is 30.1 Å². The SMILES string of the molecule is Clc1c(Cl)c(Cl)c(Cl)c(Cl)c1Cl.c1ccc(N(c2ccccc2)c2ccccc2)cc1. The van der Waals surface area contributed by atoms with E-state index in [9.17, 15) is 0 Å². The molecule has 0 aliphatic heterocycles. The number of nitrogens with zero attached hydrogens (tertiary/aromatic N) is 1. The van der Waals surface area contributed by atoms with E-state index in [0.29, 0.717) is 0 Å². The molecule has 0 unspecified atom stereocenters. The van der Waals surface area contributed by atoms with E-state index in [2.05, 4.69) is 77.7 Å². The Bertz CT molecular complexity index is 936. The zero-order valence-electron chi connectivity index (χ0n) is 15.9. The van der Waals surface area contributed by atoms with Crippen LogP contribution in [0.25, 0.3) is 0 Å². The van der Waals surface area contributed by atoms with Crippen LogP contribution in [0.15, 0.2) is 91.0 Å². The van der Waals surface area contributed by atoms with Crippen LogP contribution in [0.3, 0.4) is 0 Å². The summed E-state index contributed by atoms with van der Waals surface area (Å²) in [5.41, 5.74) is 3.50. The monoisotopic (exact) mass is 527 g/mol. The number of benzene rings is 4. The Labute approximate surface area is 211 Å². The lowest BCUT2D eigenvalue weighted by Gasteiger charge is -2.25. The van der Waals surface area contributed by atoms with Gasteiger partial charge in [0, 0.05) is 17.1 Å². The minimum absolute atomic E-state index is 0.109. The molecule has 0 spiro atoms. The fourth-order valence-corrected chi connectivity index (χ4v) is 4.18. The Morgan fingerprint density at radius 1 is 0.323 bits per heavy atom. The van der Waals surface area contributed by atoms with Gasteiger partial charge in [0.25, 0.3) is 0 Å². The van der Waals surface area contributed by atoms with E-state index >= 15 is 0 Å². The lowest BCUT2D eigenvalue weighted by atomic mass is 10.2. The van der Waals surface area contributed by atoms with Crippen LogP contribution in [-0.2, 0) is 0 Å². The van der Waals surface area contributed by atoms with Crippen molar-refractivity contribution >= 4 is 86.7 Å². The van der Waals surface area contributed by atoms with Crippen molar-refractivity contribution in [3.05, 3.63) is 121 Å². The van der Waals surface area contributed by atoms with Gasteiger partial charge in [-0.05, 0) is 36.4 Å². The number of hydrogen-bond donors (Lipinski definition) is 0. The summed E-state index contributed by atoms with van der Waals surface area (Å²) in [7, 11) is 0. The maximum absolute atomic E-state index is 5.67. The average Bonchev–Trinajstić information content (AvgIpc) is 2.83. The maximum Gasteiger partial charge on any atom is 0.0810 e. The number of para-hydroxylation sites is 3. The first kappa shape index (κ1) is 24.1. The first-order valence-corrected chi connectivity index (χ1v) is 11.3. The highest BCUT2D eigenvalue weighted by atomic mass is 35.5. The van der Waals surface area contributed by atoms with Gasteiger partial charge >= 0.3 is 0 Å². The summed E-state index contributed by atoms with van der Waals surface area (Å²) in [6, 6.07) is 31.3. The van der Waals surface area contributed by atoms with Crippen LogP contribution < -0.4 is 4.90 Å². The molecule has 0 aromatic heterocycles. The smallest absolute Gasteiger partial charge is 0.0810 e. The molecule has 4 aromatic carbocycles. The third kappa shape index (κ3) is 5.81. The van der Waals surface area contributed by atoms with E-state index in [-0.39, 0.29) is 30.1 Å². The molecular weight excluding hydrogens is 515 g/mol. The molecule has 7 heteroatoms. The molecule has 0 saturated heterocycles. The van der Waals surface area contributed by atoms with Gasteiger partial charge in [-0.15, -0.1) is 0 Å². The number of halogens is 6. The molecule has 1 nitrogen and oxygen atoms in total. The molecule has 0 aliphatic rings. The van der Waals surface area contributed by atoms with Gasteiger partial charge in [0.2, 0.25) is 0 Å². The van der Waals surface area contributed by atoms with E-state index in [0.717, 1.165) is 0 Å². The van der Waals surface area contributed by atoms with E-state index in [1.54, 1.807) is 0 Å². The van der Waals surface area contributed by atoms with Gasteiger partial charge in [0.1, 0.15) is 0 Å². The molecule has 0 saturated carbocycles. The molecule has 0 atom stereocenters. The van der Waals surface area contributed by atoms with Gasteiger partial charge < -0.3 is 4.90 Å². The molecule has 0 N–H and O–H groups in total. The van der Waals surface area contributed by atoms with Crippen molar-refractivity contribution in [1.29, 1.82) is 0 Å². The van der Waals surface area contributed by atoms with Crippen molar-refractivity contribution < 1.29 is 0 Å². The van der Waals surface area contributed by atoms with Crippen LogP contribution in [-0.4, -0.2) is 0 Å². The molecule has 4 aromatic rings. The lowest BCUT2D eigenvalue weighted by molar-refractivity contribution is 1.28. The van der Waals surface area contributed by atoms with Crippen molar-refractivity contribution in [3.8, 4) is 0 Å². The third-order valence-corrected chi connectivity index (χ3v) is 7.05. The summed E-state index contributed by atoms with van der Waals surface area (Å²) < 4.78 is 0. The van der Waals surface area contributed by atoms with Crippen molar-refractivity contribution in [2.45, 2.75) is 0 Å². The molecule has 31 heavy (non-hydrogen) atoms. The quantitative estimate of drug-likeness (QED) is 0.188. The van der Waals surface area contributed by atoms with E-state index in [4.69, 9.17) is 69.6 Å². The van der Waals surface area contributed by atoms with Crippen LogP contribution in [0.4, 0.5) is 17.1 Å². The summed E-state index contributed by atoms with van der Waals surface area (Å²) >= 11 is 34.0. The summed E-state index contributed by atoms with van der Waals surface area (Å²) in [6.45, 7) is 0. The van der Waals surface area contributed by atoms with E-state index in [1.807, 2.05) is 18.2 Å². The van der Waals surface area contributed by atoms with Crippen LogP contribution in [0.5, 0.6) is 0 Å². The fraction of sp³-hybridized carbons (Fsp3) is 0. The molecule has 0 heterocycles. The Hall–Kier alpha value is -1.58. The fourth-order valence-electron chi connectivity index (χ4n) is 2.76. The van der Waals surface area contributed by atoms with Crippen LogP contribution >= 0.6 is 69.6 Å². The van der Waals surface area contributed by atoms with Crippen molar-refractivity contribution in [3.63, 3.8) is 0 Å². The third-order valence-electron chi connectivity index (χ3n) is 4.20. The van der Waals surface area contributed by atoms with Gasteiger partial charge in [-0.1, -0.05) is 124 Å². The second-order valence-corrected chi connectivity index (χ2v) is 8.49. The van der Waals surface area contributed by atoms with Crippen LogP contribution in [0, 0.1) is 0 Å². The van der Waals surface area contributed by atoms with E-state index in [1.165, 1.54) is 17.1 Å². The summed E-state index contributed by atoms with van der Waals surface area (Å²) in [6.07, 6.45) is 0. The van der Waals surface area contributed by atoms with Crippen molar-refractivity contribution in [2.24, 2.45) is 0 Å². The Morgan fingerprint density at radius 3 is 0.710 bits per heavy atom. The summed E-state index contributed by atoms with van der Waals surface area (Å²) in [5.74, 6) is 0. The van der Waals surface area contributed by atoms with E-state index < -0.39 is 0 Å². The van der Waals surface area contributed by atoms with Gasteiger partial charge in [0.15, 0.2) is 0 Å².